The van der Waals surface area contributed by atoms with Crippen molar-refractivity contribution in [2.24, 2.45) is 0 Å². The van der Waals surface area contributed by atoms with E-state index >= 15 is 0 Å². The van der Waals surface area contributed by atoms with Gasteiger partial charge in [0.15, 0.2) is 6.39 Å². The molecule has 1 aromatic rings. The molecular weight excluding hydrogens is 192 g/mol. The zero-order chi connectivity index (χ0) is 11.1. The largest absolute Gasteiger partial charge is 0.448 e. The van der Waals surface area contributed by atoms with Crippen molar-refractivity contribution in [3.05, 3.63) is 17.8 Å². The Labute approximate surface area is 91.0 Å². The Bertz CT molecular complexity index is 271. The monoisotopic (exact) mass is 212 g/mol. The summed E-state index contributed by atoms with van der Waals surface area (Å²) in [7, 11) is 0. The summed E-state index contributed by atoms with van der Waals surface area (Å²) in [6.45, 7) is 8.41. The topological polar surface area (TPSA) is 47.3 Å². The van der Waals surface area contributed by atoms with Crippen LogP contribution in [0.15, 0.2) is 10.8 Å². The van der Waals surface area contributed by atoms with Crippen LogP contribution in [0.3, 0.4) is 0 Å². The van der Waals surface area contributed by atoms with Gasteiger partial charge in [-0.15, -0.1) is 0 Å². The maximum atomic E-state index is 5.31. The molecule has 0 saturated heterocycles. The van der Waals surface area contributed by atoms with Gasteiger partial charge < -0.3 is 14.5 Å². The van der Waals surface area contributed by atoms with Gasteiger partial charge in [0.25, 0.3) is 0 Å². The fraction of sp³-hybridized carbons (Fsp3) is 0.727. The number of nitrogens with zero attached hydrogens (tertiary/aromatic N) is 1. The summed E-state index contributed by atoms with van der Waals surface area (Å²) in [5.74, 6) is 0.927. The normalized spacial score (nSPS) is 11.2. The minimum Gasteiger partial charge on any atom is -0.448 e. The van der Waals surface area contributed by atoms with Crippen LogP contribution in [0.1, 0.15) is 32.2 Å². The molecule has 0 aliphatic heterocycles. The number of rotatable bonds is 7. The fourth-order valence-corrected chi connectivity index (χ4v) is 1.25. The van der Waals surface area contributed by atoms with Crippen LogP contribution in [-0.4, -0.2) is 24.2 Å². The van der Waals surface area contributed by atoms with E-state index < -0.39 is 0 Å². The maximum absolute atomic E-state index is 5.31. The van der Waals surface area contributed by atoms with Crippen LogP contribution in [0.2, 0.25) is 0 Å². The average molecular weight is 212 g/mol. The number of ether oxygens (including phenoxy) is 1. The van der Waals surface area contributed by atoms with Gasteiger partial charge in [-0.25, -0.2) is 4.98 Å². The molecule has 1 N–H and O–H groups in total. The van der Waals surface area contributed by atoms with Crippen molar-refractivity contribution in [2.45, 2.75) is 39.8 Å². The summed E-state index contributed by atoms with van der Waals surface area (Å²) in [4.78, 5) is 4.18. The number of aromatic nitrogens is 1. The van der Waals surface area contributed by atoms with Crippen molar-refractivity contribution in [1.29, 1.82) is 0 Å². The SMILES string of the molecule is CCOCCc1ocnc1CNC(C)C. The maximum Gasteiger partial charge on any atom is 0.181 e. The Kier molecular flexibility index (Phi) is 5.36. The fourth-order valence-electron chi connectivity index (χ4n) is 1.25. The van der Waals surface area contributed by atoms with Crippen LogP contribution in [0, 0.1) is 0 Å². The first-order chi connectivity index (χ1) is 7.24. The third-order valence-corrected chi connectivity index (χ3v) is 2.08. The molecule has 1 heterocycles. The highest BCUT2D eigenvalue weighted by Crippen LogP contribution is 2.07. The predicted molar refractivity (Wildman–Crippen MR) is 58.7 cm³/mol. The van der Waals surface area contributed by atoms with Gasteiger partial charge in [-0.2, -0.15) is 0 Å². The molecule has 0 spiro atoms. The lowest BCUT2D eigenvalue weighted by Gasteiger charge is -2.06. The van der Waals surface area contributed by atoms with Crippen LogP contribution >= 0.6 is 0 Å². The number of nitrogens with one attached hydrogen (secondary N) is 1. The van der Waals surface area contributed by atoms with E-state index in [1.807, 2.05) is 6.92 Å². The van der Waals surface area contributed by atoms with Gasteiger partial charge in [0, 0.05) is 25.6 Å². The quantitative estimate of drug-likeness (QED) is 0.699. The van der Waals surface area contributed by atoms with E-state index in [1.54, 1.807) is 0 Å². The van der Waals surface area contributed by atoms with E-state index in [2.05, 4.69) is 24.1 Å². The number of hydrogen-bond acceptors (Lipinski definition) is 4. The molecule has 0 unspecified atom stereocenters. The zero-order valence-electron chi connectivity index (χ0n) is 9.75. The Hall–Kier alpha value is -0.870. The van der Waals surface area contributed by atoms with E-state index in [4.69, 9.17) is 9.15 Å². The van der Waals surface area contributed by atoms with Crippen molar-refractivity contribution < 1.29 is 9.15 Å². The van der Waals surface area contributed by atoms with Crippen LogP contribution in [0.4, 0.5) is 0 Å². The Morgan fingerprint density at radius 1 is 1.53 bits per heavy atom. The van der Waals surface area contributed by atoms with Gasteiger partial charge in [-0.3, -0.25) is 0 Å². The highest BCUT2D eigenvalue weighted by molar-refractivity contribution is 5.07. The average Bonchev–Trinajstić information content (AvgIpc) is 2.63. The van der Waals surface area contributed by atoms with Gasteiger partial charge in [0.1, 0.15) is 5.76 Å². The summed E-state index contributed by atoms with van der Waals surface area (Å²) >= 11 is 0. The minimum atomic E-state index is 0.460. The van der Waals surface area contributed by atoms with Gasteiger partial charge in [0.05, 0.1) is 12.3 Å². The molecule has 0 aliphatic rings. The standard InChI is InChI=1S/C11H20N2O2/c1-4-14-6-5-11-10(13-8-15-11)7-12-9(2)3/h8-9,12H,4-7H2,1-3H3. The molecule has 15 heavy (non-hydrogen) atoms. The second-order valence-electron chi connectivity index (χ2n) is 3.70. The molecular formula is C11H20N2O2. The van der Waals surface area contributed by atoms with E-state index in [0.29, 0.717) is 12.6 Å². The molecule has 4 heteroatoms. The van der Waals surface area contributed by atoms with Crippen LogP contribution < -0.4 is 5.32 Å². The Balaban J connectivity index is 2.39. The zero-order valence-corrected chi connectivity index (χ0v) is 9.75. The van der Waals surface area contributed by atoms with E-state index in [1.165, 1.54) is 6.39 Å². The predicted octanol–water partition coefficient (Wildman–Crippen LogP) is 1.75. The van der Waals surface area contributed by atoms with Crippen LogP contribution in [0.5, 0.6) is 0 Å². The van der Waals surface area contributed by atoms with Crippen molar-refractivity contribution in [3.8, 4) is 0 Å². The van der Waals surface area contributed by atoms with E-state index in [-0.39, 0.29) is 0 Å². The Morgan fingerprint density at radius 3 is 3.00 bits per heavy atom. The lowest BCUT2D eigenvalue weighted by Crippen LogP contribution is -2.22. The molecule has 0 amide bonds. The third kappa shape index (κ3) is 4.44. The molecule has 4 nitrogen and oxygen atoms in total. The molecule has 0 atom stereocenters. The summed E-state index contributed by atoms with van der Waals surface area (Å²) in [5, 5.41) is 3.32. The molecule has 0 radical (unpaired) electrons. The summed E-state index contributed by atoms with van der Waals surface area (Å²) in [6, 6.07) is 0.460. The second-order valence-corrected chi connectivity index (χ2v) is 3.70. The summed E-state index contributed by atoms with van der Waals surface area (Å²) in [6.07, 6.45) is 2.29. The molecule has 86 valence electrons. The van der Waals surface area contributed by atoms with Crippen LogP contribution in [0.25, 0.3) is 0 Å². The molecule has 0 aliphatic carbocycles. The second kappa shape index (κ2) is 6.58. The van der Waals surface area contributed by atoms with Crippen molar-refractivity contribution >= 4 is 0 Å². The highest BCUT2D eigenvalue weighted by Gasteiger charge is 2.07. The first-order valence-electron chi connectivity index (χ1n) is 5.46. The van der Waals surface area contributed by atoms with Crippen molar-refractivity contribution in [2.75, 3.05) is 13.2 Å². The first kappa shape index (κ1) is 12.2. The minimum absolute atomic E-state index is 0.460. The molecule has 1 rings (SSSR count). The molecule has 0 fully saturated rings. The highest BCUT2D eigenvalue weighted by atomic mass is 16.5. The third-order valence-electron chi connectivity index (χ3n) is 2.08. The van der Waals surface area contributed by atoms with Gasteiger partial charge in [0.2, 0.25) is 0 Å². The molecule has 1 aromatic heterocycles. The van der Waals surface area contributed by atoms with E-state index in [9.17, 15) is 0 Å². The summed E-state index contributed by atoms with van der Waals surface area (Å²) < 4.78 is 10.6. The van der Waals surface area contributed by atoms with Crippen molar-refractivity contribution in [3.63, 3.8) is 0 Å². The molecule has 0 aromatic carbocycles. The summed E-state index contributed by atoms with van der Waals surface area (Å²) in [5.41, 5.74) is 0.989. The lowest BCUT2D eigenvalue weighted by atomic mass is 10.2. The van der Waals surface area contributed by atoms with Crippen molar-refractivity contribution in [1.82, 2.24) is 10.3 Å². The number of hydrogen-bond donors (Lipinski definition) is 1. The number of oxazole rings is 1. The first-order valence-corrected chi connectivity index (χ1v) is 5.46. The molecule has 0 saturated carbocycles. The Morgan fingerprint density at radius 2 is 2.33 bits per heavy atom. The van der Waals surface area contributed by atoms with E-state index in [0.717, 1.165) is 31.0 Å². The smallest absolute Gasteiger partial charge is 0.181 e. The molecule has 0 bridgehead atoms. The van der Waals surface area contributed by atoms with Gasteiger partial charge in [-0.1, -0.05) is 13.8 Å². The van der Waals surface area contributed by atoms with Gasteiger partial charge >= 0.3 is 0 Å². The van der Waals surface area contributed by atoms with Crippen LogP contribution in [-0.2, 0) is 17.7 Å². The van der Waals surface area contributed by atoms with Gasteiger partial charge in [-0.05, 0) is 6.92 Å². The lowest BCUT2D eigenvalue weighted by molar-refractivity contribution is 0.146.